The maximum atomic E-state index is 5.33. The van der Waals surface area contributed by atoms with E-state index in [2.05, 4.69) is 29.3 Å². The summed E-state index contributed by atoms with van der Waals surface area (Å²) in [5, 5.41) is 7.51. The molecule has 0 amide bonds. The fourth-order valence-electron chi connectivity index (χ4n) is 2.11. The van der Waals surface area contributed by atoms with E-state index in [0.29, 0.717) is 12.0 Å². The molecule has 2 rings (SSSR count). The molecule has 0 bridgehead atoms. The molecule has 5 nitrogen and oxygen atoms in total. The van der Waals surface area contributed by atoms with Gasteiger partial charge in [0.2, 0.25) is 5.89 Å². The molecular formula is C13H23N3O2. The van der Waals surface area contributed by atoms with Crippen molar-refractivity contribution in [1.82, 2.24) is 15.5 Å². The number of hydrogen-bond acceptors (Lipinski definition) is 5. The van der Waals surface area contributed by atoms with E-state index in [1.165, 1.54) is 0 Å². The maximum Gasteiger partial charge on any atom is 0.226 e. The van der Waals surface area contributed by atoms with Crippen LogP contribution in [0.5, 0.6) is 0 Å². The van der Waals surface area contributed by atoms with Crippen LogP contribution in [-0.4, -0.2) is 35.9 Å². The molecule has 2 heterocycles. The van der Waals surface area contributed by atoms with Gasteiger partial charge in [-0.25, -0.2) is 0 Å². The normalized spacial score (nSPS) is 21.3. The van der Waals surface area contributed by atoms with E-state index in [9.17, 15) is 0 Å². The molecule has 5 heteroatoms. The summed E-state index contributed by atoms with van der Waals surface area (Å²) < 4.78 is 10.6. The van der Waals surface area contributed by atoms with Crippen molar-refractivity contribution in [3.8, 4) is 0 Å². The lowest BCUT2D eigenvalue weighted by atomic mass is 10.1. The first-order chi connectivity index (χ1) is 8.79. The quantitative estimate of drug-likeness (QED) is 0.804. The van der Waals surface area contributed by atoms with Crippen LogP contribution in [0.4, 0.5) is 0 Å². The molecule has 0 saturated carbocycles. The number of ether oxygens (including phenoxy) is 1. The molecule has 1 aromatic heterocycles. The highest BCUT2D eigenvalue weighted by atomic mass is 16.5. The molecule has 0 aliphatic carbocycles. The van der Waals surface area contributed by atoms with Crippen LogP contribution in [0.15, 0.2) is 4.52 Å². The van der Waals surface area contributed by atoms with Crippen LogP contribution in [0.2, 0.25) is 0 Å². The van der Waals surface area contributed by atoms with Gasteiger partial charge in [0.1, 0.15) is 0 Å². The van der Waals surface area contributed by atoms with Crippen molar-refractivity contribution in [3.63, 3.8) is 0 Å². The minimum atomic E-state index is 0.332. The van der Waals surface area contributed by atoms with Gasteiger partial charge < -0.3 is 14.6 Å². The second-order valence-corrected chi connectivity index (χ2v) is 5.00. The Balaban J connectivity index is 1.76. The molecule has 0 spiro atoms. The molecule has 1 saturated heterocycles. The molecule has 2 atom stereocenters. The highest BCUT2D eigenvalue weighted by molar-refractivity contribution is 4.97. The number of nitrogens with zero attached hydrogens (tertiary/aromatic N) is 2. The zero-order chi connectivity index (χ0) is 12.8. The standard InChI is InChI=1S/C13H23N3O2/c1-3-7-14-10(2)4-5-12-15-13(16-18-12)11-6-8-17-9-11/h10-11,14H,3-9H2,1-2H3. The summed E-state index contributed by atoms with van der Waals surface area (Å²) >= 11 is 0. The van der Waals surface area contributed by atoms with E-state index >= 15 is 0 Å². The zero-order valence-electron chi connectivity index (χ0n) is 11.3. The molecule has 0 aromatic carbocycles. The minimum Gasteiger partial charge on any atom is -0.381 e. The summed E-state index contributed by atoms with van der Waals surface area (Å²) in [6, 6.07) is 0.495. The predicted octanol–water partition coefficient (Wildman–Crippen LogP) is 1.89. The van der Waals surface area contributed by atoms with Crippen molar-refractivity contribution < 1.29 is 9.26 Å². The number of hydrogen-bond donors (Lipinski definition) is 1. The predicted molar refractivity (Wildman–Crippen MR) is 68.6 cm³/mol. The number of nitrogens with one attached hydrogen (secondary N) is 1. The van der Waals surface area contributed by atoms with Gasteiger partial charge in [0.15, 0.2) is 5.82 Å². The van der Waals surface area contributed by atoms with Crippen LogP contribution in [0.25, 0.3) is 0 Å². The number of aryl methyl sites for hydroxylation is 1. The summed E-state index contributed by atoms with van der Waals surface area (Å²) in [5.74, 6) is 1.90. The van der Waals surface area contributed by atoms with E-state index < -0.39 is 0 Å². The molecule has 1 aromatic rings. The van der Waals surface area contributed by atoms with Gasteiger partial charge in [0.25, 0.3) is 0 Å². The highest BCUT2D eigenvalue weighted by Crippen LogP contribution is 2.22. The van der Waals surface area contributed by atoms with Gasteiger partial charge in [0, 0.05) is 25.0 Å². The molecule has 102 valence electrons. The number of aromatic nitrogens is 2. The smallest absolute Gasteiger partial charge is 0.226 e. The lowest BCUT2D eigenvalue weighted by molar-refractivity contribution is 0.192. The van der Waals surface area contributed by atoms with E-state index in [4.69, 9.17) is 9.26 Å². The first-order valence-electron chi connectivity index (χ1n) is 6.93. The summed E-state index contributed by atoms with van der Waals surface area (Å²) in [5.41, 5.74) is 0. The molecule has 1 aliphatic rings. The van der Waals surface area contributed by atoms with Crippen LogP contribution in [0, 0.1) is 0 Å². The van der Waals surface area contributed by atoms with Gasteiger partial charge in [-0.15, -0.1) is 0 Å². The highest BCUT2D eigenvalue weighted by Gasteiger charge is 2.23. The monoisotopic (exact) mass is 253 g/mol. The first kappa shape index (κ1) is 13.5. The second kappa shape index (κ2) is 6.85. The Hall–Kier alpha value is -0.940. The molecular weight excluding hydrogens is 230 g/mol. The Morgan fingerprint density at radius 1 is 1.50 bits per heavy atom. The van der Waals surface area contributed by atoms with Gasteiger partial charge in [-0.1, -0.05) is 12.1 Å². The average Bonchev–Trinajstić information content (AvgIpc) is 3.03. The van der Waals surface area contributed by atoms with E-state index in [1.807, 2.05) is 0 Å². The molecule has 2 unspecified atom stereocenters. The lowest BCUT2D eigenvalue weighted by Gasteiger charge is -2.10. The number of rotatable bonds is 7. The summed E-state index contributed by atoms with van der Waals surface area (Å²) in [4.78, 5) is 4.46. The van der Waals surface area contributed by atoms with Crippen molar-refractivity contribution in [2.45, 2.75) is 51.5 Å². The fraction of sp³-hybridized carbons (Fsp3) is 0.846. The largest absolute Gasteiger partial charge is 0.381 e. The lowest BCUT2D eigenvalue weighted by Crippen LogP contribution is -2.27. The third-order valence-corrected chi connectivity index (χ3v) is 3.31. The van der Waals surface area contributed by atoms with Crippen LogP contribution >= 0.6 is 0 Å². The third-order valence-electron chi connectivity index (χ3n) is 3.31. The topological polar surface area (TPSA) is 60.2 Å². The van der Waals surface area contributed by atoms with Crippen molar-refractivity contribution in [3.05, 3.63) is 11.7 Å². The Morgan fingerprint density at radius 3 is 3.11 bits per heavy atom. The van der Waals surface area contributed by atoms with Gasteiger partial charge in [0.05, 0.1) is 6.61 Å². The van der Waals surface area contributed by atoms with Crippen LogP contribution in [0.1, 0.15) is 50.7 Å². The Kier molecular flexibility index (Phi) is 5.13. The van der Waals surface area contributed by atoms with Crippen molar-refractivity contribution in [2.24, 2.45) is 0 Å². The molecule has 18 heavy (non-hydrogen) atoms. The van der Waals surface area contributed by atoms with E-state index in [-0.39, 0.29) is 0 Å². The van der Waals surface area contributed by atoms with Crippen molar-refractivity contribution >= 4 is 0 Å². The van der Waals surface area contributed by atoms with Gasteiger partial charge in [-0.3, -0.25) is 0 Å². The molecule has 1 aliphatic heterocycles. The van der Waals surface area contributed by atoms with E-state index in [1.54, 1.807) is 0 Å². The van der Waals surface area contributed by atoms with Crippen molar-refractivity contribution in [1.29, 1.82) is 0 Å². The summed E-state index contributed by atoms with van der Waals surface area (Å²) in [7, 11) is 0. The second-order valence-electron chi connectivity index (χ2n) is 5.00. The van der Waals surface area contributed by atoms with Gasteiger partial charge >= 0.3 is 0 Å². The summed E-state index contributed by atoms with van der Waals surface area (Å²) in [6.45, 7) is 6.97. The molecule has 0 radical (unpaired) electrons. The summed E-state index contributed by atoms with van der Waals surface area (Å²) in [6.07, 6.45) is 4.05. The Labute approximate surface area is 108 Å². The Morgan fingerprint density at radius 2 is 2.39 bits per heavy atom. The van der Waals surface area contributed by atoms with Gasteiger partial charge in [-0.05, 0) is 32.7 Å². The van der Waals surface area contributed by atoms with Gasteiger partial charge in [-0.2, -0.15) is 4.98 Å². The maximum absolute atomic E-state index is 5.33. The first-order valence-corrected chi connectivity index (χ1v) is 6.93. The van der Waals surface area contributed by atoms with Crippen LogP contribution < -0.4 is 5.32 Å². The third kappa shape index (κ3) is 3.78. The zero-order valence-corrected chi connectivity index (χ0v) is 11.3. The van der Waals surface area contributed by atoms with E-state index in [0.717, 1.165) is 57.2 Å². The van der Waals surface area contributed by atoms with Crippen LogP contribution in [0.3, 0.4) is 0 Å². The molecule has 1 N–H and O–H groups in total. The SMILES string of the molecule is CCCNC(C)CCc1nc(C2CCOC2)no1. The average molecular weight is 253 g/mol. The molecule has 1 fully saturated rings. The Bertz CT molecular complexity index is 348. The fourth-order valence-corrected chi connectivity index (χ4v) is 2.11. The minimum absolute atomic E-state index is 0.332. The van der Waals surface area contributed by atoms with Crippen LogP contribution in [-0.2, 0) is 11.2 Å². The van der Waals surface area contributed by atoms with Crippen molar-refractivity contribution in [2.75, 3.05) is 19.8 Å².